The number of halogens is 2. The third-order valence-corrected chi connectivity index (χ3v) is 7.25. The molecule has 1 saturated heterocycles. The standard InChI is InChI=1S/C29H33ClFN5O2/c1-4-5-26(37)33-21-9-6-19(7-10-21)20-8-11-25(36-14-12-35(3)13-15-36)24(16-20)34-29(38)22-17-23(32)28(31)18(2)27(22)30/h6-11,16-17H,4-5,12-15,32H2,1-3H3,(H,33,37)(H,34,38). The molecule has 2 amide bonds. The number of likely N-dealkylation sites (N-methyl/N-ethyl adjacent to an activating group) is 1. The van der Waals surface area contributed by atoms with Gasteiger partial charge in [0.1, 0.15) is 0 Å². The minimum Gasteiger partial charge on any atom is -0.396 e. The Bertz CT molecular complexity index is 1340. The van der Waals surface area contributed by atoms with E-state index in [1.54, 1.807) is 0 Å². The molecule has 1 heterocycles. The molecule has 0 bridgehead atoms. The summed E-state index contributed by atoms with van der Waals surface area (Å²) in [4.78, 5) is 29.8. The zero-order valence-corrected chi connectivity index (χ0v) is 22.7. The van der Waals surface area contributed by atoms with Gasteiger partial charge in [0.2, 0.25) is 5.91 Å². The van der Waals surface area contributed by atoms with E-state index >= 15 is 0 Å². The molecule has 0 saturated carbocycles. The molecular formula is C29H33ClFN5O2. The highest BCUT2D eigenvalue weighted by atomic mass is 35.5. The Hall–Kier alpha value is -3.62. The summed E-state index contributed by atoms with van der Waals surface area (Å²) in [5.74, 6) is -1.11. The molecule has 3 aromatic rings. The minimum atomic E-state index is -0.624. The largest absolute Gasteiger partial charge is 0.396 e. The minimum absolute atomic E-state index is 0.0166. The zero-order valence-electron chi connectivity index (χ0n) is 21.9. The van der Waals surface area contributed by atoms with Crippen LogP contribution < -0.4 is 21.3 Å². The van der Waals surface area contributed by atoms with Crippen molar-refractivity contribution < 1.29 is 14.0 Å². The van der Waals surface area contributed by atoms with E-state index in [4.69, 9.17) is 17.3 Å². The van der Waals surface area contributed by atoms with E-state index in [0.717, 1.165) is 55.1 Å². The fraction of sp³-hybridized carbons (Fsp3) is 0.310. The Balaban J connectivity index is 1.66. The molecule has 9 heteroatoms. The summed E-state index contributed by atoms with van der Waals surface area (Å²) in [5.41, 5.74) is 9.97. The maximum atomic E-state index is 14.2. The molecule has 1 aliphatic heterocycles. The number of hydrogen-bond acceptors (Lipinski definition) is 5. The first-order chi connectivity index (χ1) is 18.2. The van der Waals surface area contributed by atoms with Gasteiger partial charge in [-0.1, -0.05) is 36.7 Å². The van der Waals surface area contributed by atoms with Crippen molar-refractivity contribution in [3.8, 4) is 11.1 Å². The molecule has 0 aromatic heterocycles. The van der Waals surface area contributed by atoms with E-state index in [2.05, 4.69) is 27.5 Å². The summed E-state index contributed by atoms with van der Waals surface area (Å²) in [6.45, 7) is 6.89. The van der Waals surface area contributed by atoms with Crippen molar-refractivity contribution >= 4 is 46.2 Å². The zero-order chi connectivity index (χ0) is 27.4. The van der Waals surface area contributed by atoms with Crippen LogP contribution in [-0.4, -0.2) is 49.9 Å². The van der Waals surface area contributed by atoms with Crippen molar-refractivity contribution in [3.63, 3.8) is 0 Å². The third kappa shape index (κ3) is 6.09. The summed E-state index contributed by atoms with van der Waals surface area (Å²) in [6.07, 6.45) is 1.26. The number of nitrogens with one attached hydrogen (secondary N) is 2. The number of nitrogens with zero attached hydrogens (tertiary/aromatic N) is 2. The Morgan fingerprint density at radius 1 is 1.00 bits per heavy atom. The van der Waals surface area contributed by atoms with Crippen molar-refractivity contribution in [1.82, 2.24) is 4.90 Å². The smallest absolute Gasteiger partial charge is 0.257 e. The second kappa shape index (κ2) is 11.8. The molecule has 38 heavy (non-hydrogen) atoms. The number of carbonyl (C=O) groups excluding carboxylic acids is 2. The van der Waals surface area contributed by atoms with Gasteiger partial charge >= 0.3 is 0 Å². The van der Waals surface area contributed by atoms with Gasteiger partial charge < -0.3 is 26.2 Å². The molecule has 0 aliphatic carbocycles. The van der Waals surface area contributed by atoms with Crippen LogP contribution in [-0.2, 0) is 4.79 Å². The normalized spacial score (nSPS) is 13.9. The fourth-order valence-corrected chi connectivity index (χ4v) is 4.71. The van der Waals surface area contributed by atoms with Crippen molar-refractivity contribution in [1.29, 1.82) is 0 Å². The van der Waals surface area contributed by atoms with Crippen LogP contribution in [0.25, 0.3) is 11.1 Å². The van der Waals surface area contributed by atoms with Crippen molar-refractivity contribution in [3.05, 3.63) is 70.5 Å². The van der Waals surface area contributed by atoms with Gasteiger partial charge in [0.25, 0.3) is 5.91 Å². The summed E-state index contributed by atoms with van der Waals surface area (Å²) < 4.78 is 14.2. The number of anilines is 4. The fourth-order valence-electron chi connectivity index (χ4n) is 4.49. The Morgan fingerprint density at radius 2 is 1.66 bits per heavy atom. The number of piperazine rings is 1. The topological polar surface area (TPSA) is 90.7 Å². The molecule has 0 atom stereocenters. The maximum absolute atomic E-state index is 14.2. The second-order valence-corrected chi connectivity index (χ2v) is 10.00. The lowest BCUT2D eigenvalue weighted by molar-refractivity contribution is -0.116. The quantitative estimate of drug-likeness (QED) is 0.332. The molecule has 1 fully saturated rings. The molecule has 4 rings (SSSR count). The number of benzene rings is 3. The SMILES string of the molecule is CCCC(=O)Nc1ccc(-c2ccc(N3CCN(C)CC3)c(NC(=O)c3cc(N)c(F)c(C)c3Cl)c2)cc1. The monoisotopic (exact) mass is 537 g/mol. The van der Waals surface area contributed by atoms with Crippen LogP contribution in [0.4, 0.5) is 27.1 Å². The number of hydrogen-bond donors (Lipinski definition) is 3. The van der Waals surface area contributed by atoms with Gasteiger partial charge in [-0.25, -0.2) is 4.39 Å². The van der Waals surface area contributed by atoms with E-state index in [1.807, 2.05) is 49.4 Å². The van der Waals surface area contributed by atoms with Crippen LogP contribution in [0.1, 0.15) is 35.7 Å². The lowest BCUT2D eigenvalue weighted by atomic mass is 10.0. The van der Waals surface area contributed by atoms with Crippen LogP contribution in [0.3, 0.4) is 0 Å². The van der Waals surface area contributed by atoms with E-state index in [9.17, 15) is 14.0 Å². The third-order valence-electron chi connectivity index (χ3n) is 6.76. The van der Waals surface area contributed by atoms with Crippen molar-refractivity contribution in [2.45, 2.75) is 26.7 Å². The first-order valence-electron chi connectivity index (χ1n) is 12.7. The first-order valence-corrected chi connectivity index (χ1v) is 13.1. The van der Waals surface area contributed by atoms with Gasteiger partial charge in [0, 0.05) is 43.9 Å². The summed E-state index contributed by atoms with van der Waals surface area (Å²) in [6, 6.07) is 14.8. The van der Waals surface area contributed by atoms with Crippen LogP contribution >= 0.6 is 11.6 Å². The van der Waals surface area contributed by atoms with Gasteiger partial charge in [0.15, 0.2) is 5.82 Å². The van der Waals surface area contributed by atoms with E-state index in [1.165, 1.54) is 13.0 Å². The average molecular weight is 538 g/mol. The van der Waals surface area contributed by atoms with Crippen LogP contribution in [0.15, 0.2) is 48.5 Å². The number of nitrogens with two attached hydrogens (primary N) is 1. The van der Waals surface area contributed by atoms with Crippen LogP contribution in [0.2, 0.25) is 5.02 Å². The number of amides is 2. The molecule has 4 N–H and O–H groups in total. The molecule has 3 aromatic carbocycles. The predicted octanol–water partition coefficient (Wildman–Crippen LogP) is 5.78. The molecule has 0 spiro atoms. The highest BCUT2D eigenvalue weighted by Crippen LogP contribution is 2.34. The number of rotatable bonds is 7. The second-order valence-electron chi connectivity index (χ2n) is 9.62. The number of nitrogen functional groups attached to an aromatic ring is 1. The average Bonchev–Trinajstić information content (AvgIpc) is 2.90. The predicted molar refractivity (Wildman–Crippen MR) is 154 cm³/mol. The Labute approximate surface area is 227 Å². The Kier molecular flexibility index (Phi) is 8.54. The molecular weight excluding hydrogens is 505 g/mol. The van der Waals surface area contributed by atoms with Gasteiger partial charge in [-0.3, -0.25) is 9.59 Å². The van der Waals surface area contributed by atoms with Crippen LogP contribution in [0, 0.1) is 12.7 Å². The molecule has 0 unspecified atom stereocenters. The van der Waals surface area contributed by atoms with Crippen LogP contribution in [0.5, 0.6) is 0 Å². The highest BCUT2D eigenvalue weighted by Gasteiger charge is 2.22. The van der Waals surface area contributed by atoms with Gasteiger partial charge in [0.05, 0.1) is 27.6 Å². The molecule has 7 nitrogen and oxygen atoms in total. The van der Waals surface area contributed by atoms with Gasteiger partial charge in [-0.05, 0) is 61.9 Å². The highest BCUT2D eigenvalue weighted by molar-refractivity contribution is 6.35. The van der Waals surface area contributed by atoms with E-state index in [0.29, 0.717) is 12.1 Å². The first kappa shape index (κ1) is 27.4. The summed E-state index contributed by atoms with van der Waals surface area (Å²) in [7, 11) is 2.08. The van der Waals surface area contributed by atoms with Crippen molar-refractivity contribution in [2.24, 2.45) is 0 Å². The lowest BCUT2D eigenvalue weighted by Gasteiger charge is -2.35. The van der Waals surface area contributed by atoms with E-state index < -0.39 is 11.7 Å². The van der Waals surface area contributed by atoms with E-state index in [-0.39, 0.29) is 27.7 Å². The molecule has 0 radical (unpaired) electrons. The maximum Gasteiger partial charge on any atom is 0.257 e. The van der Waals surface area contributed by atoms with Crippen molar-refractivity contribution in [2.75, 3.05) is 54.5 Å². The van der Waals surface area contributed by atoms with Gasteiger partial charge in [-0.15, -0.1) is 0 Å². The summed E-state index contributed by atoms with van der Waals surface area (Å²) in [5, 5.41) is 5.93. The number of carbonyl (C=O) groups is 2. The summed E-state index contributed by atoms with van der Waals surface area (Å²) >= 11 is 6.33. The molecule has 1 aliphatic rings. The van der Waals surface area contributed by atoms with Gasteiger partial charge in [-0.2, -0.15) is 0 Å². The Morgan fingerprint density at radius 3 is 2.32 bits per heavy atom. The molecule has 200 valence electrons. The lowest BCUT2D eigenvalue weighted by Crippen LogP contribution is -2.44.